The molecule has 0 aliphatic rings. The van der Waals surface area contributed by atoms with Crippen LogP contribution in [0.25, 0.3) is 6.08 Å². The lowest BCUT2D eigenvalue weighted by atomic mass is 10.1. The monoisotopic (exact) mass is 405 g/mol. The number of hydrogen-bond donors (Lipinski definition) is 1. The molecule has 0 aliphatic heterocycles. The molecule has 30 heavy (non-hydrogen) atoms. The van der Waals surface area contributed by atoms with E-state index in [4.69, 9.17) is 4.74 Å². The molecular weight excluding hydrogens is 385 g/mol. The van der Waals surface area contributed by atoms with E-state index >= 15 is 0 Å². The fourth-order valence-corrected chi connectivity index (χ4v) is 2.68. The largest absolute Gasteiger partial charge is 0.461 e. The summed E-state index contributed by atoms with van der Waals surface area (Å²) in [5, 5.41) is 2.75. The molecule has 0 radical (unpaired) electrons. The highest BCUT2D eigenvalue weighted by Gasteiger charge is 2.16. The number of nitrogens with one attached hydrogen (secondary N) is 1. The lowest BCUT2D eigenvalue weighted by molar-refractivity contribution is -0.140. The van der Waals surface area contributed by atoms with Gasteiger partial charge in [-0.1, -0.05) is 48.5 Å². The summed E-state index contributed by atoms with van der Waals surface area (Å²) in [4.78, 5) is 24.5. The number of carbonyl (C=O) groups excluding carboxylic acids is 2. The summed E-state index contributed by atoms with van der Waals surface area (Å²) in [5.41, 5.74) is 0.986. The van der Waals surface area contributed by atoms with Crippen LogP contribution in [0, 0.1) is 0 Å². The van der Waals surface area contributed by atoms with E-state index in [9.17, 15) is 14.0 Å². The van der Waals surface area contributed by atoms with Gasteiger partial charge in [0.1, 0.15) is 11.5 Å². The first-order chi connectivity index (χ1) is 14.6. The molecule has 152 valence electrons. The second-order valence-electron chi connectivity index (χ2n) is 6.17. The number of rotatable bonds is 7. The van der Waals surface area contributed by atoms with Crippen LogP contribution in [0.2, 0.25) is 0 Å². The van der Waals surface area contributed by atoms with E-state index in [1.54, 1.807) is 67.6 Å². The molecule has 1 amide bonds. The van der Waals surface area contributed by atoms with Gasteiger partial charge in [0.05, 0.1) is 12.2 Å². The van der Waals surface area contributed by atoms with Gasteiger partial charge in [0.15, 0.2) is 0 Å². The average molecular weight is 405 g/mol. The normalized spacial score (nSPS) is 10.9. The number of para-hydroxylation sites is 3. The summed E-state index contributed by atoms with van der Waals surface area (Å²) in [6.07, 6.45) is 1.03. The van der Waals surface area contributed by atoms with Crippen LogP contribution < -0.4 is 10.1 Å². The Hall–Kier alpha value is -3.93. The van der Waals surface area contributed by atoms with Gasteiger partial charge in [0.25, 0.3) is 5.91 Å². The summed E-state index contributed by atoms with van der Waals surface area (Å²) in [6.45, 7) is 1.66. The molecule has 6 heteroatoms. The van der Waals surface area contributed by atoms with Crippen LogP contribution in [-0.2, 0) is 9.53 Å². The molecule has 0 aromatic heterocycles. The molecule has 3 aromatic rings. The fraction of sp³-hybridized carbons (Fsp3) is 0.0833. The Morgan fingerprint density at radius 1 is 0.933 bits per heavy atom. The average Bonchev–Trinajstić information content (AvgIpc) is 2.76. The van der Waals surface area contributed by atoms with Gasteiger partial charge in [-0.25, -0.2) is 4.79 Å². The predicted octanol–water partition coefficient (Wildman–Crippen LogP) is 5.60. The molecule has 0 bridgehead atoms. The van der Waals surface area contributed by atoms with Crippen molar-refractivity contribution in [3.8, 4) is 11.5 Å². The Morgan fingerprint density at radius 3 is 2.37 bits per heavy atom. The molecule has 5 nitrogen and oxygen atoms in total. The standard InChI is InChI=1S/C24H20FNO4/c1-2-29-24(28)20(25)16-17-10-6-8-14-21(17)26-23(27)19-13-7-9-15-22(19)30-18-11-4-3-5-12-18/h3-16H,2H2,1H3,(H,26,27)/b20-16-. The molecule has 0 saturated heterocycles. The minimum atomic E-state index is -1.06. The molecule has 0 heterocycles. The number of anilines is 1. The van der Waals surface area contributed by atoms with Crippen LogP contribution in [0.15, 0.2) is 84.7 Å². The first-order valence-electron chi connectivity index (χ1n) is 9.35. The number of carbonyl (C=O) groups is 2. The van der Waals surface area contributed by atoms with E-state index < -0.39 is 17.7 Å². The van der Waals surface area contributed by atoms with Crippen molar-refractivity contribution in [2.75, 3.05) is 11.9 Å². The Morgan fingerprint density at radius 2 is 1.60 bits per heavy atom. The predicted molar refractivity (Wildman–Crippen MR) is 113 cm³/mol. The molecule has 0 spiro atoms. The van der Waals surface area contributed by atoms with Crippen LogP contribution in [0.1, 0.15) is 22.8 Å². The van der Waals surface area contributed by atoms with Gasteiger partial charge >= 0.3 is 5.97 Å². The summed E-state index contributed by atoms with van der Waals surface area (Å²) >= 11 is 0. The first-order valence-corrected chi connectivity index (χ1v) is 9.35. The summed E-state index contributed by atoms with van der Waals surface area (Å²) in [6, 6.07) is 22.5. The van der Waals surface area contributed by atoms with Gasteiger partial charge in [-0.3, -0.25) is 4.79 Å². The number of ether oxygens (including phenoxy) is 2. The zero-order valence-electron chi connectivity index (χ0n) is 16.3. The van der Waals surface area contributed by atoms with E-state index in [0.717, 1.165) is 6.08 Å². The second kappa shape index (κ2) is 10.0. The third-order valence-corrected chi connectivity index (χ3v) is 4.06. The van der Waals surface area contributed by atoms with E-state index in [-0.39, 0.29) is 6.61 Å². The SMILES string of the molecule is CCOC(=O)/C(F)=C/c1ccccc1NC(=O)c1ccccc1Oc1ccccc1. The Bertz CT molecular complexity index is 1060. The van der Waals surface area contributed by atoms with Gasteiger partial charge in [0, 0.05) is 11.3 Å². The van der Waals surface area contributed by atoms with Crippen LogP contribution >= 0.6 is 0 Å². The van der Waals surface area contributed by atoms with E-state index in [1.165, 1.54) is 0 Å². The van der Waals surface area contributed by atoms with Gasteiger partial charge in [-0.05, 0) is 43.3 Å². The third kappa shape index (κ3) is 5.32. The zero-order chi connectivity index (χ0) is 21.3. The molecule has 0 saturated carbocycles. The summed E-state index contributed by atoms with van der Waals surface area (Å²) in [7, 11) is 0. The van der Waals surface area contributed by atoms with E-state index in [2.05, 4.69) is 10.1 Å². The summed E-state index contributed by atoms with van der Waals surface area (Å²) in [5.74, 6) is -1.56. The zero-order valence-corrected chi connectivity index (χ0v) is 16.3. The minimum absolute atomic E-state index is 0.0661. The highest BCUT2D eigenvalue weighted by atomic mass is 19.1. The molecule has 1 N–H and O–H groups in total. The minimum Gasteiger partial charge on any atom is -0.461 e. The van der Waals surface area contributed by atoms with Crippen molar-refractivity contribution in [2.24, 2.45) is 0 Å². The van der Waals surface area contributed by atoms with Gasteiger partial charge in [0.2, 0.25) is 5.83 Å². The Balaban J connectivity index is 1.84. The van der Waals surface area contributed by atoms with Gasteiger partial charge in [-0.15, -0.1) is 0 Å². The number of hydrogen-bond acceptors (Lipinski definition) is 4. The van der Waals surface area contributed by atoms with Crippen molar-refractivity contribution in [1.29, 1.82) is 0 Å². The van der Waals surface area contributed by atoms with Crippen LogP contribution in [-0.4, -0.2) is 18.5 Å². The van der Waals surface area contributed by atoms with Crippen molar-refractivity contribution in [1.82, 2.24) is 0 Å². The highest BCUT2D eigenvalue weighted by Crippen LogP contribution is 2.27. The van der Waals surface area contributed by atoms with Crippen LogP contribution in [0.5, 0.6) is 11.5 Å². The maximum atomic E-state index is 14.1. The van der Waals surface area contributed by atoms with Gasteiger partial charge in [-0.2, -0.15) is 4.39 Å². The molecule has 3 aromatic carbocycles. The van der Waals surface area contributed by atoms with Crippen molar-refractivity contribution in [3.63, 3.8) is 0 Å². The smallest absolute Gasteiger partial charge is 0.367 e. The Kier molecular flexibility index (Phi) is 6.95. The number of benzene rings is 3. The molecule has 0 atom stereocenters. The topological polar surface area (TPSA) is 64.6 Å². The third-order valence-electron chi connectivity index (χ3n) is 4.06. The number of esters is 1. The summed E-state index contributed by atoms with van der Waals surface area (Å²) < 4.78 is 24.5. The van der Waals surface area contributed by atoms with Crippen molar-refractivity contribution >= 4 is 23.6 Å². The van der Waals surface area contributed by atoms with E-state index in [0.29, 0.717) is 28.3 Å². The molecule has 0 aliphatic carbocycles. The molecule has 3 rings (SSSR count). The molecule has 0 unspecified atom stereocenters. The maximum absolute atomic E-state index is 14.1. The molecule has 0 fully saturated rings. The van der Waals surface area contributed by atoms with Crippen molar-refractivity contribution in [3.05, 3.63) is 95.8 Å². The lowest BCUT2D eigenvalue weighted by Gasteiger charge is -2.13. The van der Waals surface area contributed by atoms with Crippen LogP contribution in [0.4, 0.5) is 10.1 Å². The molecular formula is C24H20FNO4. The maximum Gasteiger partial charge on any atom is 0.367 e. The van der Waals surface area contributed by atoms with Crippen molar-refractivity contribution < 1.29 is 23.5 Å². The highest BCUT2D eigenvalue weighted by molar-refractivity contribution is 6.07. The van der Waals surface area contributed by atoms with Gasteiger partial charge < -0.3 is 14.8 Å². The van der Waals surface area contributed by atoms with Crippen molar-refractivity contribution in [2.45, 2.75) is 6.92 Å². The first kappa shape index (κ1) is 20.8. The van der Waals surface area contributed by atoms with Crippen LogP contribution in [0.3, 0.4) is 0 Å². The Labute approximate surface area is 173 Å². The number of amides is 1. The fourth-order valence-electron chi connectivity index (χ4n) is 2.68. The number of halogens is 1. The lowest BCUT2D eigenvalue weighted by Crippen LogP contribution is -2.14. The van der Waals surface area contributed by atoms with E-state index in [1.807, 2.05) is 18.2 Å². The quantitative estimate of drug-likeness (QED) is 0.410. The second-order valence-corrected chi connectivity index (χ2v) is 6.17.